The van der Waals surface area contributed by atoms with E-state index in [0.717, 1.165) is 30.3 Å². The number of amidine groups is 1. The predicted octanol–water partition coefficient (Wildman–Crippen LogP) is 2.84. The van der Waals surface area contributed by atoms with Gasteiger partial charge in [0, 0.05) is 44.5 Å². The van der Waals surface area contributed by atoms with Gasteiger partial charge in [0.1, 0.15) is 11.7 Å². The third kappa shape index (κ3) is 4.20. The van der Waals surface area contributed by atoms with Gasteiger partial charge in [-0.3, -0.25) is 4.99 Å². The third-order valence-corrected chi connectivity index (χ3v) is 5.03. The second-order valence-electron chi connectivity index (χ2n) is 7.22. The van der Waals surface area contributed by atoms with Crippen molar-refractivity contribution in [2.24, 2.45) is 9.98 Å². The molecule has 1 N–H and O–H groups in total. The molecule has 0 unspecified atom stereocenters. The summed E-state index contributed by atoms with van der Waals surface area (Å²) in [7, 11) is 0. The molecule has 0 aromatic heterocycles. The fourth-order valence-electron chi connectivity index (χ4n) is 3.51. The minimum atomic E-state index is -4.45. The van der Waals surface area contributed by atoms with Crippen LogP contribution in [0.5, 0.6) is 0 Å². The van der Waals surface area contributed by atoms with Crippen molar-refractivity contribution in [1.29, 1.82) is 0 Å². The zero-order chi connectivity index (χ0) is 20.6. The summed E-state index contributed by atoms with van der Waals surface area (Å²) in [4.78, 5) is 27.2. The average molecular weight is 406 g/mol. The van der Waals surface area contributed by atoms with Crippen molar-refractivity contribution in [3.63, 3.8) is 0 Å². The maximum atomic E-state index is 12.8. The van der Waals surface area contributed by atoms with Crippen LogP contribution < -0.4 is 5.32 Å². The molecule has 0 spiro atoms. The number of amides is 2. The Morgan fingerprint density at radius 3 is 2.69 bits per heavy atom. The first-order chi connectivity index (χ1) is 13.8. The van der Waals surface area contributed by atoms with Gasteiger partial charge in [-0.1, -0.05) is 6.07 Å². The van der Waals surface area contributed by atoms with E-state index >= 15 is 0 Å². The number of anilines is 1. The molecular formula is C19H21F3N6O. The number of rotatable bonds is 2. The Morgan fingerprint density at radius 2 is 1.97 bits per heavy atom. The van der Waals surface area contributed by atoms with E-state index in [4.69, 9.17) is 0 Å². The largest absolute Gasteiger partial charge is 0.416 e. The molecule has 4 rings (SSSR count). The van der Waals surface area contributed by atoms with Gasteiger partial charge in [0.15, 0.2) is 0 Å². The standard InChI is InChI=1S/C19H21F3N6O/c1-13-11-28-12-23-16(10-17(28)24-13)26-5-7-27(8-6-26)18(29)25-15-4-2-3-14(9-15)19(20,21)22/h2-4,9-10,12-13H,5-8,11H2,1H3,(H,25,29)/t13-/m0/s1. The van der Waals surface area contributed by atoms with Gasteiger partial charge in [-0.2, -0.15) is 13.2 Å². The molecule has 3 aliphatic rings. The zero-order valence-electron chi connectivity index (χ0n) is 15.9. The van der Waals surface area contributed by atoms with E-state index in [1.807, 2.05) is 11.0 Å². The minimum Gasteiger partial charge on any atom is -0.353 e. The second-order valence-corrected chi connectivity index (χ2v) is 7.22. The molecule has 1 atom stereocenters. The number of halogens is 3. The number of hydrogen-bond donors (Lipinski definition) is 1. The second kappa shape index (κ2) is 7.41. The highest BCUT2D eigenvalue weighted by Crippen LogP contribution is 2.30. The van der Waals surface area contributed by atoms with Gasteiger partial charge >= 0.3 is 12.2 Å². The van der Waals surface area contributed by atoms with Crippen LogP contribution in [0.3, 0.4) is 0 Å². The van der Waals surface area contributed by atoms with Crippen LogP contribution in [-0.2, 0) is 6.18 Å². The molecule has 0 saturated carbocycles. The molecule has 0 radical (unpaired) electrons. The highest BCUT2D eigenvalue weighted by atomic mass is 19.4. The molecular weight excluding hydrogens is 385 g/mol. The van der Waals surface area contributed by atoms with Crippen molar-refractivity contribution in [2.45, 2.75) is 19.1 Å². The van der Waals surface area contributed by atoms with E-state index in [1.165, 1.54) is 12.1 Å². The van der Waals surface area contributed by atoms with Crippen molar-refractivity contribution >= 4 is 23.9 Å². The van der Waals surface area contributed by atoms with Crippen molar-refractivity contribution in [3.05, 3.63) is 41.7 Å². The van der Waals surface area contributed by atoms with Crippen LogP contribution >= 0.6 is 0 Å². The monoisotopic (exact) mass is 406 g/mol. The number of piperazine rings is 1. The molecule has 29 heavy (non-hydrogen) atoms. The lowest BCUT2D eigenvalue weighted by Gasteiger charge is -2.36. The number of alkyl halides is 3. The zero-order valence-corrected chi connectivity index (χ0v) is 15.9. The lowest BCUT2D eigenvalue weighted by atomic mass is 10.2. The quantitative estimate of drug-likeness (QED) is 0.822. The van der Waals surface area contributed by atoms with Crippen LogP contribution in [0.15, 0.2) is 46.1 Å². The maximum Gasteiger partial charge on any atom is 0.416 e. The first-order valence-electron chi connectivity index (χ1n) is 9.38. The van der Waals surface area contributed by atoms with Crippen molar-refractivity contribution < 1.29 is 18.0 Å². The van der Waals surface area contributed by atoms with E-state index in [9.17, 15) is 18.0 Å². The Kier molecular flexibility index (Phi) is 4.93. The summed E-state index contributed by atoms with van der Waals surface area (Å²) >= 11 is 0. The fraction of sp³-hybridized carbons (Fsp3) is 0.421. The van der Waals surface area contributed by atoms with Gasteiger partial charge in [0.2, 0.25) is 0 Å². The van der Waals surface area contributed by atoms with Crippen LogP contribution in [0.25, 0.3) is 0 Å². The van der Waals surface area contributed by atoms with Gasteiger partial charge in [0.25, 0.3) is 0 Å². The normalized spacial score (nSPS) is 21.7. The highest BCUT2D eigenvalue weighted by molar-refractivity contribution is 6.03. The molecule has 1 aromatic carbocycles. The van der Waals surface area contributed by atoms with Gasteiger partial charge in [0.05, 0.1) is 17.9 Å². The summed E-state index contributed by atoms with van der Waals surface area (Å²) in [5, 5.41) is 2.55. The summed E-state index contributed by atoms with van der Waals surface area (Å²) in [6, 6.07) is 4.46. The average Bonchev–Trinajstić information content (AvgIpc) is 3.07. The Morgan fingerprint density at radius 1 is 1.21 bits per heavy atom. The summed E-state index contributed by atoms with van der Waals surface area (Å²) in [6.07, 6.45) is -0.718. The highest BCUT2D eigenvalue weighted by Gasteiger charge is 2.31. The minimum absolute atomic E-state index is 0.125. The van der Waals surface area contributed by atoms with E-state index in [2.05, 4.69) is 27.1 Å². The molecule has 1 aromatic rings. The van der Waals surface area contributed by atoms with E-state index in [0.29, 0.717) is 26.2 Å². The molecule has 7 nitrogen and oxygen atoms in total. The molecule has 3 heterocycles. The van der Waals surface area contributed by atoms with Crippen LogP contribution in [0.2, 0.25) is 0 Å². The SMILES string of the molecule is C[C@H]1CN2C=NC(N3CCN(C(=O)Nc4cccc(C(F)(F)F)c4)CC3)=CC2=N1. The number of urea groups is 1. The smallest absolute Gasteiger partial charge is 0.353 e. The Labute approximate surface area is 166 Å². The van der Waals surface area contributed by atoms with Crippen molar-refractivity contribution in [2.75, 3.05) is 38.0 Å². The van der Waals surface area contributed by atoms with Crippen LogP contribution in [0, 0.1) is 0 Å². The van der Waals surface area contributed by atoms with Gasteiger partial charge < -0.3 is 20.0 Å². The van der Waals surface area contributed by atoms with Crippen LogP contribution in [0.1, 0.15) is 12.5 Å². The Balaban J connectivity index is 1.34. The molecule has 154 valence electrons. The van der Waals surface area contributed by atoms with Gasteiger partial charge in [-0.25, -0.2) is 9.79 Å². The number of carbonyl (C=O) groups excluding carboxylic acids is 1. The molecule has 0 bridgehead atoms. The number of nitrogens with one attached hydrogen (secondary N) is 1. The number of fused-ring (bicyclic) bond motifs is 1. The third-order valence-electron chi connectivity index (χ3n) is 5.03. The summed E-state index contributed by atoms with van der Waals surface area (Å²) < 4.78 is 38.5. The number of carbonyl (C=O) groups is 1. The summed E-state index contributed by atoms with van der Waals surface area (Å²) in [5.41, 5.74) is -0.666. The molecule has 2 amide bonds. The first kappa shape index (κ1) is 19.3. The fourth-order valence-corrected chi connectivity index (χ4v) is 3.51. The van der Waals surface area contributed by atoms with Crippen LogP contribution in [-0.4, -0.2) is 71.7 Å². The number of aliphatic imine (C=N–C) groups is 2. The first-order valence-corrected chi connectivity index (χ1v) is 9.38. The van der Waals surface area contributed by atoms with Gasteiger partial charge in [-0.05, 0) is 25.1 Å². The Hall–Kier alpha value is -3.04. The number of hydrogen-bond acceptors (Lipinski definition) is 5. The van der Waals surface area contributed by atoms with Gasteiger partial charge in [-0.15, -0.1) is 0 Å². The van der Waals surface area contributed by atoms with E-state index in [1.54, 1.807) is 11.2 Å². The van der Waals surface area contributed by atoms with E-state index < -0.39 is 17.8 Å². The lowest BCUT2D eigenvalue weighted by Crippen LogP contribution is -2.49. The number of nitrogens with zero attached hydrogens (tertiary/aromatic N) is 5. The maximum absolute atomic E-state index is 12.8. The number of benzene rings is 1. The molecule has 1 fully saturated rings. The Bertz CT molecular complexity index is 886. The molecule has 10 heteroatoms. The van der Waals surface area contributed by atoms with E-state index in [-0.39, 0.29) is 11.7 Å². The predicted molar refractivity (Wildman–Crippen MR) is 104 cm³/mol. The summed E-state index contributed by atoms with van der Waals surface area (Å²) in [6.45, 7) is 4.94. The molecule has 0 aliphatic carbocycles. The lowest BCUT2D eigenvalue weighted by molar-refractivity contribution is -0.137. The molecule has 1 saturated heterocycles. The van der Waals surface area contributed by atoms with Crippen molar-refractivity contribution in [3.8, 4) is 0 Å². The van der Waals surface area contributed by atoms with Crippen molar-refractivity contribution in [1.82, 2.24) is 14.7 Å². The topological polar surface area (TPSA) is 63.5 Å². The summed E-state index contributed by atoms with van der Waals surface area (Å²) in [5.74, 6) is 1.71. The molecule has 3 aliphatic heterocycles. The van der Waals surface area contributed by atoms with Crippen LogP contribution in [0.4, 0.5) is 23.7 Å².